The Hall–Kier alpha value is -2.86. The second-order valence-electron chi connectivity index (χ2n) is 7.88. The Bertz CT molecular complexity index is 1100. The molecule has 0 aliphatic carbocycles. The molecule has 0 saturated carbocycles. The second kappa shape index (κ2) is 8.49. The summed E-state index contributed by atoms with van der Waals surface area (Å²) in [5, 5.41) is 18.8. The average Bonchev–Trinajstić information content (AvgIpc) is 3.20. The minimum Gasteiger partial charge on any atom is -0.495 e. The molecule has 0 spiro atoms. The summed E-state index contributed by atoms with van der Waals surface area (Å²) in [6, 6.07) is 5.05. The van der Waals surface area contributed by atoms with Crippen LogP contribution in [0.2, 0.25) is 0 Å². The zero-order valence-electron chi connectivity index (χ0n) is 17.4. The lowest BCUT2D eigenvalue weighted by Crippen LogP contribution is -2.37. The van der Waals surface area contributed by atoms with Crippen molar-refractivity contribution in [3.05, 3.63) is 59.0 Å². The largest absolute Gasteiger partial charge is 0.495 e. The van der Waals surface area contributed by atoms with Gasteiger partial charge in [0.1, 0.15) is 5.75 Å². The van der Waals surface area contributed by atoms with Crippen molar-refractivity contribution < 1.29 is 36.2 Å². The van der Waals surface area contributed by atoms with Gasteiger partial charge >= 0.3 is 12.4 Å². The van der Waals surface area contributed by atoms with Crippen molar-refractivity contribution in [2.24, 2.45) is 0 Å². The highest BCUT2D eigenvalue weighted by atomic mass is 19.4. The molecule has 2 aromatic heterocycles. The minimum atomic E-state index is -4.89. The fourth-order valence-electron chi connectivity index (χ4n) is 4.04. The van der Waals surface area contributed by atoms with Crippen molar-refractivity contribution in [1.82, 2.24) is 19.5 Å². The van der Waals surface area contributed by atoms with Gasteiger partial charge < -0.3 is 9.84 Å². The molecule has 0 bridgehead atoms. The Balaban J connectivity index is 1.53. The predicted molar refractivity (Wildman–Crippen MR) is 104 cm³/mol. The van der Waals surface area contributed by atoms with Crippen LogP contribution in [0.15, 0.2) is 36.5 Å². The molecule has 4 rings (SSSR count). The van der Waals surface area contributed by atoms with Crippen LogP contribution >= 0.6 is 0 Å². The Morgan fingerprint density at radius 2 is 1.58 bits per heavy atom. The standard InChI is InChI=1S/C21H20F6N4O2/c1-33-16-2-3-17-28-29-18(31(17)11-16)19(32)30-6-4-12(5-7-30)13-8-14(20(22,23)24)10-15(9-13)21(25,26)27/h2-3,8-12,19,32H,4-7H2,1H3. The Kier molecular flexibility index (Phi) is 5.99. The molecule has 3 heterocycles. The lowest BCUT2D eigenvalue weighted by atomic mass is 9.87. The van der Waals surface area contributed by atoms with Crippen LogP contribution in [0, 0.1) is 0 Å². The van der Waals surface area contributed by atoms with E-state index < -0.39 is 35.6 Å². The van der Waals surface area contributed by atoms with Crippen molar-refractivity contribution in [2.45, 2.75) is 37.3 Å². The molecule has 1 N–H and O–H groups in total. The van der Waals surface area contributed by atoms with E-state index in [2.05, 4.69) is 10.2 Å². The van der Waals surface area contributed by atoms with Gasteiger partial charge in [0.25, 0.3) is 0 Å². The number of fused-ring (bicyclic) bond motifs is 1. The van der Waals surface area contributed by atoms with Crippen molar-refractivity contribution in [3.8, 4) is 5.75 Å². The average molecular weight is 474 g/mol. The first-order chi connectivity index (χ1) is 15.5. The number of hydrogen-bond acceptors (Lipinski definition) is 5. The molecule has 1 aliphatic heterocycles. The van der Waals surface area contributed by atoms with Gasteiger partial charge in [0.05, 0.1) is 24.4 Å². The highest BCUT2D eigenvalue weighted by Gasteiger charge is 2.38. The number of aliphatic hydroxyl groups excluding tert-OH is 1. The molecular formula is C21H20F6N4O2. The van der Waals surface area contributed by atoms with Crippen LogP contribution < -0.4 is 4.74 Å². The van der Waals surface area contributed by atoms with Gasteiger partial charge in [-0.1, -0.05) is 0 Å². The van der Waals surface area contributed by atoms with Crippen LogP contribution in [0.5, 0.6) is 5.75 Å². The Morgan fingerprint density at radius 3 is 2.12 bits per heavy atom. The zero-order valence-corrected chi connectivity index (χ0v) is 17.4. The number of halogens is 6. The Morgan fingerprint density at radius 1 is 0.970 bits per heavy atom. The van der Waals surface area contributed by atoms with Crippen LogP contribution in [0.4, 0.5) is 26.3 Å². The number of piperidine rings is 1. The lowest BCUT2D eigenvalue weighted by molar-refractivity contribution is -0.143. The van der Waals surface area contributed by atoms with Crippen LogP contribution in [0.3, 0.4) is 0 Å². The molecule has 1 unspecified atom stereocenters. The van der Waals surface area contributed by atoms with Gasteiger partial charge in [0.15, 0.2) is 17.7 Å². The molecule has 0 radical (unpaired) electrons. The number of ether oxygens (including phenoxy) is 1. The third kappa shape index (κ3) is 4.76. The first-order valence-electron chi connectivity index (χ1n) is 10.1. The monoisotopic (exact) mass is 474 g/mol. The van der Waals surface area contributed by atoms with E-state index in [0.717, 1.165) is 12.1 Å². The van der Waals surface area contributed by atoms with E-state index >= 15 is 0 Å². The first-order valence-corrected chi connectivity index (χ1v) is 10.1. The summed E-state index contributed by atoms with van der Waals surface area (Å²) >= 11 is 0. The number of rotatable bonds is 4. The summed E-state index contributed by atoms with van der Waals surface area (Å²) in [5.41, 5.74) is -2.16. The number of hydrogen-bond donors (Lipinski definition) is 1. The molecule has 178 valence electrons. The third-order valence-corrected chi connectivity index (χ3v) is 5.83. The quantitative estimate of drug-likeness (QED) is 0.558. The molecular weight excluding hydrogens is 454 g/mol. The molecule has 1 atom stereocenters. The maximum absolute atomic E-state index is 13.2. The van der Waals surface area contributed by atoms with Gasteiger partial charge in [-0.2, -0.15) is 26.3 Å². The van der Waals surface area contributed by atoms with E-state index in [1.807, 2.05) is 0 Å². The summed E-state index contributed by atoms with van der Waals surface area (Å²) in [6.45, 7) is 0.505. The summed E-state index contributed by atoms with van der Waals surface area (Å²) in [5.74, 6) is 0.257. The minimum absolute atomic E-state index is 0.0102. The highest BCUT2D eigenvalue weighted by Crippen LogP contribution is 2.40. The third-order valence-electron chi connectivity index (χ3n) is 5.83. The topological polar surface area (TPSA) is 62.9 Å². The number of benzene rings is 1. The highest BCUT2D eigenvalue weighted by molar-refractivity contribution is 5.41. The zero-order chi connectivity index (χ0) is 24.0. The van der Waals surface area contributed by atoms with E-state index in [9.17, 15) is 31.4 Å². The van der Waals surface area contributed by atoms with Crippen molar-refractivity contribution in [3.63, 3.8) is 0 Å². The number of aromatic nitrogens is 3. The van der Waals surface area contributed by atoms with Crippen LogP contribution in [0.25, 0.3) is 5.65 Å². The number of likely N-dealkylation sites (tertiary alicyclic amines) is 1. The molecule has 1 aromatic carbocycles. The maximum Gasteiger partial charge on any atom is 0.416 e. The lowest BCUT2D eigenvalue weighted by Gasteiger charge is -2.34. The molecule has 6 nitrogen and oxygen atoms in total. The summed E-state index contributed by atoms with van der Waals surface area (Å²) in [7, 11) is 1.49. The molecule has 3 aromatic rings. The maximum atomic E-state index is 13.2. The Labute approximate surface area is 184 Å². The van der Waals surface area contributed by atoms with Crippen molar-refractivity contribution >= 4 is 5.65 Å². The van der Waals surface area contributed by atoms with E-state index in [4.69, 9.17) is 4.74 Å². The van der Waals surface area contributed by atoms with E-state index in [1.165, 1.54) is 7.11 Å². The SMILES string of the molecule is COc1ccc2nnc(C(O)N3CCC(c4cc(C(F)(F)F)cc(C(F)(F)F)c4)CC3)n2c1. The fourth-order valence-corrected chi connectivity index (χ4v) is 4.04. The van der Waals surface area contributed by atoms with Gasteiger partial charge in [0.2, 0.25) is 0 Å². The first kappa shape index (κ1) is 23.3. The molecule has 1 aliphatic rings. The van der Waals surface area contributed by atoms with E-state index in [1.54, 1.807) is 27.6 Å². The number of alkyl halides is 6. The normalized spacial score (nSPS) is 17.5. The number of methoxy groups -OCH3 is 1. The van der Waals surface area contributed by atoms with E-state index in [-0.39, 0.29) is 43.4 Å². The summed E-state index contributed by atoms with van der Waals surface area (Å²) in [4.78, 5) is 1.66. The molecule has 0 amide bonds. The predicted octanol–water partition coefficient (Wildman–Crippen LogP) is 4.65. The van der Waals surface area contributed by atoms with Gasteiger partial charge in [-0.25, -0.2) is 0 Å². The van der Waals surface area contributed by atoms with Crippen LogP contribution in [0.1, 0.15) is 47.5 Å². The number of nitrogens with zero attached hydrogens (tertiary/aromatic N) is 4. The van der Waals surface area contributed by atoms with Crippen LogP contribution in [-0.4, -0.2) is 44.8 Å². The van der Waals surface area contributed by atoms with E-state index in [0.29, 0.717) is 11.4 Å². The van der Waals surface area contributed by atoms with Crippen LogP contribution in [-0.2, 0) is 12.4 Å². The number of aliphatic hydroxyl groups is 1. The summed E-state index contributed by atoms with van der Waals surface area (Å²) < 4.78 is 85.8. The smallest absolute Gasteiger partial charge is 0.416 e. The fraction of sp³-hybridized carbons (Fsp3) is 0.429. The van der Waals surface area contributed by atoms with Gasteiger partial charge in [-0.3, -0.25) is 9.30 Å². The van der Waals surface area contributed by atoms with Gasteiger partial charge in [-0.15, -0.1) is 10.2 Å². The number of pyridine rings is 1. The molecule has 12 heteroatoms. The van der Waals surface area contributed by atoms with Crippen molar-refractivity contribution in [1.29, 1.82) is 0 Å². The second-order valence-corrected chi connectivity index (χ2v) is 7.88. The summed E-state index contributed by atoms with van der Waals surface area (Å²) in [6.07, 6.45) is -8.76. The molecule has 1 saturated heterocycles. The molecule has 1 fully saturated rings. The van der Waals surface area contributed by atoms with Gasteiger partial charge in [0, 0.05) is 13.1 Å². The van der Waals surface area contributed by atoms with Gasteiger partial charge in [-0.05, 0) is 54.7 Å². The molecule has 33 heavy (non-hydrogen) atoms. The van der Waals surface area contributed by atoms with Crippen molar-refractivity contribution in [2.75, 3.05) is 20.2 Å².